The van der Waals surface area contributed by atoms with Crippen molar-refractivity contribution in [2.24, 2.45) is 0 Å². The van der Waals surface area contributed by atoms with Crippen molar-refractivity contribution < 1.29 is 61.9 Å². The number of nitrogens with zero attached hydrogens (tertiary/aromatic N) is 3. The topological polar surface area (TPSA) is 198 Å². The molecule has 0 N–H and O–H groups in total. The summed E-state index contributed by atoms with van der Waals surface area (Å²) >= 11 is 0. The van der Waals surface area contributed by atoms with Gasteiger partial charge >= 0.3 is 35.8 Å². The van der Waals surface area contributed by atoms with Gasteiger partial charge in [0.05, 0.1) is 13.2 Å². The van der Waals surface area contributed by atoms with Crippen LogP contribution in [0.15, 0.2) is 0 Å². The third-order valence-corrected chi connectivity index (χ3v) is 4.87. The van der Waals surface area contributed by atoms with Crippen LogP contribution in [-0.4, -0.2) is 95.2 Å². The Balaban J connectivity index is 2.82. The van der Waals surface area contributed by atoms with Crippen LogP contribution in [0.3, 0.4) is 0 Å². The molecule has 0 unspecified atom stereocenters. The predicted octanol–water partition coefficient (Wildman–Crippen LogP) is -0.113. The summed E-state index contributed by atoms with van der Waals surface area (Å²) < 4.78 is 37.6. The first-order valence-electron chi connectivity index (χ1n) is 11.5. The van der Waals surface area contributed by atoms with Crippen LogP contribution in [0.4, 0.5) is 0 Å². The number of carbonyl (C=O) groups is 6. The van der Waals surface area contributed by atoms with Gasteiger partial charge < -0.3 is 33.2 Å². The number of rotatable bonds is 10. The number of aromatic nitrogens is 3. The van der Waals surface area contributed by atoms with Crippen molar-refractivity contribution in [2.45, 2.75) is 72.2 Å². The summed E-state index contributed by atoms with van der Waals surface area (Å²) in [5, 5.41) is 7.63. The van der Waals surface area contributed by atoms with Crippen LogP contribution >= 0.6 is 0 Å². The van der Waals surface area contributed by atoms with Crippen LogP contribution in [0.5, 0.6) is 0 Å². The quantitative estimate of drug-likeness (QED) is 0.279. The fraction of sp³-hybridized carbons (Fsp3) is 0.636. The fourth-order valence-electron chi connectivity index (χ4n) is 3.65. The van der Waals surface area contributed by atoms with Crippen LogP contribution in [0.25, 0.3) is 0 Å². The highest BCUT2D eigenvalue weighted by molar-refractivity contribution is 6.00. The zero-order valence-corrected chi connectivity index (χ0v) is 21.7. The first-order valence-corrected chi connectivity index (χ1v) is 11.5. The second-order valence-electron chi connectivity index (χ2n) is 7.77. The van der Waals surface area contributed by atoms with Crippen molar-refractivity contribution in [2.75, 3.05) is 19.8 Å². The standard InChI is InChI=1S/C22H29N3O13/c1-7-32-20(30)15-16(21(31)33-8-2)25(24-23-15)17-18(35-11(4)27)14(9-34-10(3)26)38-22(37-13(6)29)19(17)36-12(5)28/h14,17-19,22H,7-9H2,1-6H3/t14-,17+,18-,19-,22+/m1/s1. The molecule has 16 heteroatoms. The Bertz CT molecular complexity index is 1070. The Hall–Kier alpha value is -4.08. The molecular weight excluding hydrogens is 514 g/mol. The molecular formula is C22H29N3O13. The molecule has 1 aromatic rings. The summed E-state index contributed by atoms with van der Waals surface area (Å²) in [5.41, 5.74) is -1.07. The van der Waals surface area contributed by atoms with Gasteiger partial charge in [-0.05, 0) is 13.8 Å². The van der Waals surface area contributed by atoms with Crippen LogP contribution in [0.1, 0.15) is 68.6 Å². The Labute approximate surface area is 216 Å². The van der Waals surface area contributed by atoms with E-state index >= 15 is 0 Å². The van der Waals surface area contributed by atoms with Gasteiger partial charge in [-0.15, -0.1) is 5.10 Å². The molecule has 1 aliphatic heterocycles. The van der Waals surface area contributed by atoms with Gasteiger partial charge in [-0.2, -0.15) is 0 Å². The van der Waals surface area contributed by atoms with Crippen LogP contribution < -0.4 is 0 Å². The molecule has 1 saturated heterocycles. The molecule has 16 nitrogen and oxygen atoms in total. The van der Waals surface area contributed by atoms with E-state index < -0.39 is 84.5 Å². The van der Waals surface area contributed by atoms with E-state index in [4.69, 9.17) is 33.2 Å². The minimum atomic E-state index is -1.65. The normalized spacial score (nSPS) is 22.5. The molecule has 0 spiro atoms. The zero-order valence-electron chi connectivity index (χ0n) is 21.7. The summed E-state index contributed by atoms with van der Waals surface area (Å²) in [6.07, 6.45) is -6.06. The second kappa shape index (κ2) is 13.5. The number of hydrogen-bond donors (Lipinski definition) is 0. The van der Waals surface area contributed by atoms with E-state index in [1.807, 2.05) is 0 Å². The van der Waals surface area contributed by atoms with Crippen molar-refractivity contribution in [3.8, 4) is 0 Å². The number of ether oxygens (including phenoxy) is 7. The van der Waals surface area contributed by atoms with E-state index in [-0.39, 0.29) is 13.2 Å². The number of hydrogen-bond acceptors (Lipinski definition) is 15. The third-order valence-electron chi connectivity index (χ3n) is 4.87. The SMILES string of the molecule is CCOC(=O)c1nnn([C@@H]2[C@@H](OC(C)=O)[C@@H](OC(C)=O)O[C@H](COC(C)=O)[C@H]2OC(C)=O)c1C(=O)OCC. The first-order chi connectivity index (χ1) is 17.9. The highest BCUT2D eigenvalue weighted by atomic mass is 16.7. The average Bonchev–Trinajstić information content (AvgIpc) is 3.24. The third kappa shape index (κ3) is 7.47. The molecule has 38 heavy (non-hydrogen) atoms. The van der Waals surface area contributed by atoms with Crippen molar-refractivity contribution >= 4 is 35.8 Å². The van der Waals surface area contributed by atoms with Gasteiger partial charge in [0.25, 0.3) is 0 Å². The second-order valence-corrected chi connectivity index (χ2v) is 7.77. The summed E-state index contributed by atoms with van der Waals surface area (Å²) in [4.78, 5) is 73.1. The van der Waals surface area contributed by atoms with Gasteiger partial charge in [0.1, 0.15) is 18.8 Å². The summed E-state index contributed by atoms with van der Waals surface area (Å²) in [6.45, 7) is 6.66. The van der Waals surface area contributed by atoms with E-state index in [0.717, 1.165) is 32.4 Å². The molecule has 2 heterocycles. The van der Waals surface area contributed by atoms with E-state index in [1.165, 1.54) is 13.8 Å². The molecule has 0 amide bonds. The Morgan fingerprint density at radius 3 is 1.84 bits per heavy atom. The van der Waals surface area contributed by atoms with Gasteiger partial charge in [-0.3, -0.25) is 19.2 Å². The first kappa shape index (κ1) is 30.1. The highest BCUT2D eigenvalue weighted by Gasteiger charge is 2.54. The van der Waals surface area contributed by atoms with Crippen molar-refractivity contribution in [3.05, 3.63) is 11.4 Å². The smallest absolute Gasteiger partial charge is 0.361 e. The lowest BCUT2D eigenvalue weighted by atomic mass is 9.95. The molecule has 0 radical (unpaired) electrons. The van der Waals surface area contributed by atoms with E-state index in [9.17, 15) is 28.8 Å². The molecule has 5 atom stereocenters. The largest absolute Gasteiger partial charge is 0.463 e. The maximum atomic E-state index is 13.0. The molecule has 1 aliphatic rings. The molecule has 0 bridgehead atoms. The lowest BCUT2D eigenvalue weighted by Crippen LogP contribution is -2.60. The monoisotopic (exact) mass is 543 g/mol. The zero-order chi connectivity index (χ0) is 28.6. The van der Waals surface area contributed by atoms with Crippen molar-refractivity contribution in [3.63, 3.8) is 0 Å². The maximum absolute atomic E-state index is 13.0. The molecule has 2 rings (SSSR count). The van der Waals surface area contributed by atoms with Crippen LogP contribution in [0.2, 0.25) is 0 Å². The molecule has 0 aliphatic carbocycles. The van der Waals surface area contributed by atoms with Crippen LogP contribution in [-0.2, 0) is 52.3 Å². The van der Waals surface area contributed by atoms with Crippen LogP contribution in [0, 0.1) is 0 Å². The van der Waals surface area contributed by atoms with Gasteiger partial charge in [-0.25, -0.2) is 14.3 Å². The lowest BCUT2D eigenvalue weighted by Gasteiger charge is -2.44. The summed E-state index contributed by atoms with van der Waals surface area (Å²) in [6, 6.07) is -1.50. The Morgan fingerprint density at radius 2 is 1.32 bits per heavy atom. The Morgan fingerprint density at radius 1 is 0.763 bits per heavy atom. The average molecular weight is 543 g/mol. The van der Waals surface area contributed by atoms with E-state index in [1.54, 1.807) is 0 Å². The number of esters is 6. The molecule has 210 valence electrons. The van der Waals surface area contributed by atoms with Gasteiger partial charge in [-0.1, -0.05) is 5.21 Å². The summed E-state index contributed by atoms with van der Waals surface area (Å²) in [5.74, 6) is -5.35. The van der Waals surface area contributed by atoms with Gasteiger partial charge in [0.2, 0.25) is 12.0 Å². The number of carbonyl (C=O) groups excluding carboxylic acids is 6. The van der Waals surface area contributed by atoms with Crippen molar-refractivity contribution in [1.82, 2.24) is 15.0 Å². The fourth-order valence-corrected chi connectivity index (χ4v) is 3.65. The Kier molecular flexibility index (Phi) is 10.7. The van der Waals surface area contributed by atoms with Gasteiger partial charge in [0.15, 0.2) is 17.9 Å². The van der Waals surface area contributed by atoms with E-state index in [0.29, 0.717) is 0 Å². The lowest BCUT2D eigenvalue weighted by molar-refractivity contribution is -0.285. The highest BCUT2D eigenvalue weighted by Crippen LogP contribution is 2.36. The van der Waals surface area contributed by atoms with E-state index in [2.05, 4.69) is 10.3 Å². The minimum absolute atomic E-state index is 0.0592. The van der Waals surface area contributed by atoms with Gasteiger partial charge in [0, 0.05) is 27.7 Å². The summed E-state index contributed by atoms with van der Waals surface area (Å²) in [7, 11) is 0. The maximum Gasteiger partial charge on any atom is 0.361 e. The molecule has 0 aromatic carbocycles. The van der Waals surface area contributed by atoms with Crippen molar-refractivity contribution in [1.29, 1.82) is 0 Å². The molecule has 1 fully saturated rings. The predicted molar refractivity (Wildman–Crippen MR) is 119 cm³/mol. The molecule has 1 aromatic heterocycles. The molecule has 0 saturated carbocycles. The minimum Gasteiger partial charge on any atom is -0.463 e.